The molecule has 3 aromatic rings. The molecule has 2 heterocycles. The molecule has 1 aliphatic heterocycles. The molecule has 1 aliphatic rings. The molecule has 32 heavy (non-hydrogen) atoms. The van der Waals surface area contributed by atoms with Crippen molar-refractivity contribution in [2.24, 2.45) is 0 Å². The number of aryl methyl sites for hydroxylation is 2. The molecule has 1 amide bonds. The molecule has 0 N–H and O–H groups in total. The molecule has 4 rings (SSSR count). The molecule has 0 saturated carbocycles. The first kappa shape index (κ1) is 23.0. The average Bonchev–Trinajstić information content (AvgIpc) is 3.24. The number of hydrogen-bond acceptors (Lipinski definition) is 4. The molecular weight excluding hydrogens is 484 g/mol. The third kappa shape index (κ3) is 5.61. The number of carbonyl (C=O) groups excluding carboxylic acids is 1. The highest BCUT2D eigenvalue weighted by Crippen LogP contribution is 2.25. The summed E-state index contributed by atoms with van der Waals surface area (Å²) in [6.07, 6.45) is 0. The molecular formula is C26H29BrN2O2S. The van der Waals surface area contributed by atoms with E-state index in [0.717, 1.165) is 53.4 Å². The number of benzene rings is 2. The Morgan fingerprint density at radius 1 is 1.03 bits per heavy atom. The highest BCUT2D eigenvalue weighted by molar-refractivity contribution is 9.10. The lowest BCUT2D eigenvalue weighted by atomic mass is 10.1. The molecule has 0 unspecified atom stereocenters. The lowest BCUT2D eigenvalue weighted by molar-refractivity contribution is 0.0633. The van der Waals surface area contributed by atoms with E-state index in [2.05, 4.69) is 71.9 Å². The lowest BCUT2D eigenvalue weighted by Crippen LogP contribution is -2.48. The number of ether oxygens (including phenoxy) is 1. The summed E-state index contributed by atoms with van der Waals surface area (Å²) in [5, 5.41) is 2.04. The van der Waals surface area contributed by atoms with E-state index in [1.54, 1.807) is 0 Å². The Hall–Kier alpha value is -2.15. The predicted molar refractivity (Wildman–Crippen MR) is 135 cm³/mol. The summed E-state index contributed by atoms with van der Waals surface area (Å²) in [7, 11) is 0. The van der Waals surface area contributed by atoms with Gasteiger partial charge in [0.25, 0.3) is 5.91 Å². The zero-order chi connectivity index (χ0) is 22.7. The van der Waals surface area contributed by atoms with Crippen LogP contribution in [0, 0.1) is 20.8 Å². The molecule has 6 heteroatoms. The van der Waals surface area contributed by atoms with Gasteiger partial charge >= 0.3 is 0 Å². The minimum Gasteiger partial charge on any atom is -0.489 e. The smallest absolute Gasteiger partial charge is 0.264 e. The van der Waals surface area contributed by atoms with Gasteiger partial charge in [0.1, 0.15) is 12.4 Å². The van der Waals surface area contributed by atoms with E-state index in [4.69, 9.17) is 4.74 Å². The van der Waals surface area contributed by atoms with E-state index in [-0.39, 0.29) is 5.91 Å². The van der Waals surface area contributed by atoms with Crippen molar-refractivity contribution in [3.63, 3.8) is 0 Å². The van der Waals surface area contributed by atoms with Crippen LogP contribution in [0.1, 0.15) is 37.5 Å². The Morgan fingerprint density at radius 2 is 1.81 bits per heavy atom. The van der Waals surface area contributed by atoms with E-state index < -0.39 is 0 Å². The number of piperazine rings is 1. The Bertz CT molecular complexity index is 1100. The summed E-state index contributed by atoms with van der Waals surface area (Å²) in [5.74, 6) is 1.05. The van der Waals surface area contributed by atoms with E-state index in [0.29, 0.717) is 6.61 Å². The van der Waals surface area contributed by atoms with Crippen molar-refractivity contribution in [2.75, 3.05) is 26.2 Å². The minimum absolute atomic E-state index is 0.130. The predicted octanol–water partition coefficient (Wildman–Crippen LogP) is 5.97. The second kappa shape index (κ2) is 10.2. The van der Waals surface area contributed by atoms with Gasteiger partial charge in [-0.15, -0.1) is 11.3 Å². The van der Waals surface area contributed by atoms with Gasteiger partial charge in [0.15, 0.2) is 0 Å². The van der Waals surface area contributed by atoms with Crippen LogP contribution in [0.3, 0.4) is 0 Å². The molecule has 1 saturated heterocycles. The van der Waals surface area contributed by atoms with Crippen LogP contribution in [0.4, 0.5) is 0 Å². The molecule has 0 bridgehead atoms. The highest BCUT2D eigenvalue weighted by Gasteiger charge is 2.23. The van der Waals surface area contributed by atoms with Crippen molar-refractivity contribution in [3.05, 3.63) is 85.0 Å². The van der Waals surface area contributed by atoms with Crippen LogP contribution < -0.4 is 4.74 Å². The van der Waals surface area contributed by atoms with Gasteiger partial charge in [-0.3, -0.25) is 9.69 Å². The van der Waals surface area contributed by atoms with Gasteiger partial charge < -0.3 is 9.64 Å². The lowest BCUT2D eigenvalue weighted by Gasteiger charge is -2.34. The number of halogens is 1. The Morgan fingerprint density at radius 3 is 2.56 bits per heavy atom. The van der Waals surface area contributed by atoms with Crippen molar-refractivity contribution >= 4 is 33.2 Å². The first-order valence-corrected chi connectivity index (χ1v) is 12.6. The number of thiophene rings is 1. The standard InChI is InChI=1S/C26H29BrN2O2S/c1-18-11-19(2)20(3)24(12-18)31-16-22-14-25(32-17-22)26(30)29-9-7-28(8-10-29)15-21-5-4-6-23(27)13-21/h4-6,11-14,17H,7-10,15-16H2,1-3H3. The Labute approximate surface area is 202 Å². The molecule has 2 aromatic carbocycles. The summed E-state index contributed by atoms with van der Waals surface area (Å²) >= 11 is 5.05. The molecule has 0 atom stereocenters. The van der Waals surface area contributed by atoms with Crippen LogP contribution >= 0.6 is 27.3 Å². The molecule has 1 aromatic heterocycles. The largest absolute Gasteiger partial charge is 0.489 e. The summed E-state index contributed by atoms with van der Waals surface area (Å²) in [6, 6.07) is 14.7. The van der Waals surface area contributed by atoms with Gasteiger partial charge in [-0.05, 0) is 72.7 Å². The van der Waals surface area contributed by atoms with Gasteiger partial charge in [-0.2, -0.15) is 0 Å². The SMILES string of the molecule is Cc1cc(C)c(C)c(OCc2csc(C(=O)N3CCN(Cc4cccc(Br)c4)CC3)c2)c1. The summed E-state index contributed by atoms with van der Waals surface area (Å²) in [6.45, 7) is 11.0. The summed E-state index contributed by atoms with van der Waals surface area (Å²) < 4.78 is 7.18. The van der Waals surface area contributed by atoms with Crippen molar-refractivity contribution < 1.29 is 9.53 Å². The van der Waals surface area contributed by atoms with Crippen LogP contribution in [0.15, 0.2) is 52.3 Å². The van der Waals surface area contributed by atoms with Crippen molar-refractivity contribution in [3.8, 4) is 5.75 Å². The van der Waals surface area contributed by atoms with E-state index >= 15 is 0 Å². The number of hydrogen-bond donors (Lipinski definition) is 0. The molecule has 1 fully saturated rings. The minimum atomic E-state index is 0.130. The zero-order valence-corrected chi connectivity index (χ0v) is 21.3. The summed E-state index contributed by atoms with van der Waals surface area (Å²) in [5.41, 5.74) is 5.94. The molecule has 0 spiro atoms. The maximum Gasteiger partial charge on any atom is 0.264 e. The van der Waals surface area contributed by atoms with Crippen LogP contribution in [0.2, 0.25) is 0 Å². The van der Waals surface area contributed by atoms with Crippen LogP contribution in [-0.2, 0) is 13.2 Å². The third-order valence-electron chi connectivity index (χ3n) is 5.98. The molecule has 0 radical (unpaired) electrons. The van der Waals surface area contributed by atoms with Crippen LogP contribution in [-0.4, -0.2) is 41.9 Å². The maximum absolute atomic E-state index is 13.0. The van der Waals surface area contributed by atoms with Crippen LogP contribution in [0.5, 0.6) is 5.75 Å². The van der Waals surface area contributed by atoms with Gasteiger partial charge in [-0.1, -0.05) is 34.1 Å². The second-order valence-corrected chi connectivity index (χ2v) is 10.3. The fourth-order valence-electron chi connectivity index (χ4n) is 4.03. The van der Waals surface area contributed by atoms with Gasteiger partial charge in [0.05, 0.1) is 4.88 Å². The fraction of sp³-hybridized carbons (Fsp3) is 0.346. The van der Waals surface area contributed by atoms with Crippen molar-refractivity contribution in [1.29, 1.82) is 0 Å². The summed E-state index contributed by atoms with van der Waals surface area (Å²) in [4.78, 5) is 18.2. The first-order valence-electron chi connectivity index (χ1n) is 10.9. The highest BCUT2D eigenvalue weighted by atomic mass is 79.9. The van der Waals surface area contributed by atoms with E-state index in [1.807, 2.05) is 22.4 Å². The average molecular weight is 514 g/mol. The number of carbonyl (C=O) groups is 1. The van der Waals surface area contributed by atoms with Gasteiger partial charge in [0, 0.05) is 42.8 Å². The normalized spacial score (nSPS) is 14.6. The maximum atomic E-state index is 13.0. The molecule has 168 valence electrons. The van der Waals surface area contributed by atoms with E-state index in [1.165, 1.54) is 33.6 Å². The van der Waals surface area contributed by atoms with Crippen LogP contribution in [0.25, 0.3) is 0 Å². The van der Waals surface area contributed by atoms with Gasteiger partial charge in [-0.25, -0.2) is 0 Å². The Kier molecular flexibility index (Phi) is 7.33. The second-order valence-electron chi connectivity index (χ2n) is 8.51. The molecule has 0 aliphatic carbocycles. The van der Waals surface area contributed by atoms with Crippen molar-refractivity contribution in [2.45, 2.75) is 33.9 Å². The fourth-order valence-corrected chi connectivity index (χ4v) is 5.34. The van der Waals surface area contributed by atoms with Gasteiger partial charge in [0.2, 0.25) is 0 Å². The van der Waals surface area contributed by atoms with E-state index in [9.17, 15) is 4.79 Å². The molecule has 4 nitrogen and oxygen atoms in total. The first-order chi connectivity index (χ1) is 15.4. The Balaban J connectivity index is 1.30. The van der Waals surface area contributed by atoms with Crippen molar-refractivity contribution in [1.82, 2.24) is 9.80 Å². The zero-order valence-electron chi connectivity index (χ0n) is 18.9. The topological polar surface area (TPSA) is 32.8 Å². The number of rotatable bonds is 6. The third-order valence-corrected chi connectivity index (χ3v) is 7.44. The monoisotopic (exact) mass is 512 g/mol. The number of amides is 1. The quantitative estimate of drug-likeness (QED) is 0.407. The number of nitrogens with zero attached hydrogens (tertiary/aromatic N) is 2.